The van der Waals surface area contributed by atoms with Crippen LogP contribution >= 0.6 is 8.03 Å². The van der Waals surface area contributed by atoms with Crippen LogP contribution < -0.4 is 24.2 Å². The molecule has 0 saturated carbocycles. The number of hydrogen-bond acceptors (Lipinski definition) is 3. The van der Waals surface area contributed by atoms with E-state index in [1.54, 1.807) is 24.3 Å². The minimum Gasteiger partial charge on any atom is -1.00 e. The van der Waals surface area contributed by atoms with E-state index in [-0.39, 0.29) is 20.3 Å². The third-order valence-corrected chi connectivity index (χ3v) is 4.40. The van der Waals surface area contributed by atoms with Gasteiger partial charge in [-0.25, -0.2) is 9.32 Å². The van der Waals surface area contributed by atoms with Crippen LogP contribution in [0.2, 0.25) is 0 Å². The van der Waals surface area contributed by atoms with E-state index in [2.05, 4.69) is 0 Å². The minimum absolute atomic E-state index is 0. The average molecular weight is 295 g/mol. The van der Waals surface area contributed by atoms with Gasteiger partial charge in [-0.15, -0.1) is 0 Å². The molecular formula is C16H17LiO3P+. The van der Waals surface area contributed by atoms with Crippen molar-refractivity contribution in [1.29, 1.82) is 0 Å². The van der Waals surface area contributed by atoms with Crippen LogP contribution in [0.25, 0.3) is 0 Å². The van der Waals surface area contributed by atoms with Crippen molar-refractivity contribution in [3.8, 4) is 0 Å². The van der Waals surface area contributed by atoms with Crippen molar-refractivity contribution < 1.29 is 34.2 Å². The Morgan fingerprint density at radius 1 is 1.05 bits per heavy atom. The number of rotatable bonds is 3. The molecule has 21 heavy (non-hydrogen) atoms. The van der Waals surface area contributed by atoms with E-state index in [9.17, 15) is 9.36 Å². The van der Waals surface area contributed by atoms with Crippen molar-refractivity contribution >= 4 is 19.3 Å². The maximum Gasteiger partial charge on any atom is 1.00 e. The molecule has 0 aromatic heterocycles. The number of benzene rings is 2. The normalized spacial score (nSPS) is 10.5. The van der Waals surface area contributed by atoms with Gasteiger partial charge in [0.1, 0.15) is 0 Å². The maximum atomic E-state index is 12.3. The largest absolute Gasteiger partial charge is 1.00 e. The molecule has 2 rings (SSSR count). The molecule has 0 aliphatic heterocycles. The molecule has 0 fully saturated rings. The zero-order chi connectivity index (χ0) is 14.7. The molecule has 0 spiro atoms. The van der Waals surface area contributed by atoms with Gasteiger partial charge in [-0.1, -0.05) is 35.9 Å². The molecule has 0 saturated heterocycles. The van der Waals surface area contributed by atoms with Crippen LogP contribution in [0.3, 0.4) is 0 Å². The molecule has 0 aliphatic rings. The third-order valence-electron chi connectivity index (χ3n) is 2.99. The van der Waals surface area contributed by atoms with Crippen LogP contribution in [-0.2, 0) is 9.09 Å². The summed E-state index contributed by atoms with van der Waals surface area (Å²) in [7, 11) is -2.19. The molecule has 0 heterocycles. The number of carbonyl (C=O) groups excluding carboxylic acids is 1. The van der Waals surface area contributed by atoms with Gasteiger partial charge in [-0.05, 0) is 37.5 Å². The Morgan fingerprint density at radius 3 is 2.10 bits per heavy atom. The van der Waals surface area contributed by atoms with Gasteiger partial charge < -0.3 is 1.43 Å². The average Bonchev–Trinajstić information content (AvgIpc) is 2.38. The van der Waals surface area contributed by atoms with Crippen molar-refractivity contribution in [1.82, 2.24) is 0 Å². The number of carbonyl (C=O) groups is 1. The second-order valence-electron chi connectivity index (χ2n) is 4.75. The molecular weight excluding hydrogens is 278 g/mol. The van der Waals surface area contributed by atoms with Crippen molar-refractivity contribution in [2.24, 2.45) is 0 Å². The second kappa shape index (κ2) is 7.57. The van der Waals surface area contributed by atoms with Gasteiger partial charge in [0.15, 0.2) is 0 Å². The van der Waals surface area contributed by atoms with Gasteiger partial charge in [0.05, 0.1) is 5.56 Å². The zero-order valence-electron chi connectivity index (χ0n) is 13.7. The molecule has 1 atom stereocenters. The molecule has 0 N–H and O–H groups in total. The Morgan fingerprint density at radius 2 is 1.57 bits per heavy atom. The Labute approximate surface area is 139 Å². The van der Waals surface area contributed by atoms with Gasteiger partial charge in [0.2, 0.25) is 5.30 Å². The predicted octanol–water partition coefficient (Wildman–Crippen LogP) is 0.953. The van der Waals surface area contributed by atoms with Crippen molar-refractivity contribution in [2.75, 3.05) is 0 Å². The van der Waals surface area contributed by atoms with Crippen LogP contribution in [0.5, 0.6) is 0 Å². The summed E-state index contributed by atoms with van der Waals surface area (Å²) < 4.78 is 17.4. The summed E-state index contributed by atoms with van der Waals surface area (Å²) in [4.78, 5) is 11.9. The molecule has 104 valence electrons. The first kappa shape index (κ1) is 17.7. The Kier molecular flexibility index (Phi) is 6.36. The van der Waals surface area contributed by atoms with Crippen molar-refractivity contribution in [3.63, 3.8) is 0 Å². The molecule has 2 aromatic carbocycles. The van der Waals surface area contributed by atoms with Crippen LogP contribution in [0, 0.1) is 20.8 Å². The first-order valence-electron chi connectivity index (χ1n) is 6.31. The fourth-order valence-electron chi connectivity index (χ4n) is 2.21. The summed E-state index contributed by atoms with van der Waals surface area (Å²) in [6, 6.07) is 12.4. The summed E-state index contributed by atoms with van der Waals surface area (Å²) in [6.45, 7) is 5.73. The fourth-order valence-corrected chi connectivity index (χ4v) is 3.26. The Balaban J connectivity index is 0.00000220. The summed E-state index contributed by atoms with van der Waals surface area (Å²) in [5.74, 6) is -0.564. The molecule has 0 radical (unpaired) electrons. The van der Waals surface area contributed by atoms with Crippen molar-refractivity contribution in [2.45, 2.75) is 20.8 Å². The van der Waals surface area contributed by atoms with E-state index in [1.165, 1.54) is 0 Å². The summed E-state index contributed by atoms with van der Waals surface area (Å²) >= 11 is 0. The van der Waals surface area contributed by atoms with Crippen LogP contribution in [0.1, 0.15) is 28.5 Å². The van der Waals surface area contributed by atoms with E-state index >= 15 is 0 Å². The number of aryl methyl sites for hydroxylation is 3. The first-order valence-corrected chi connectivity index (χ1v) is 7.49. The molecule has 0 aliphatic carbocycles. The standard InChI is InChI=1S/C16H16O3P.Li.H/c1-11-9-12(2)15(13(3)10-11)20(18)19-16(17)14-7-5-4-6-8-14;;/h4-10H,1-3H3;;/q2*+1;-1. The predicted molar refractivity (Wildman–Crippen MR) is 80.9 cm³/mol. The number of hydrogen-bond donors (Lipinski definition) is 0. The molecule has 2 aromatic rings. The van der Waals surface area contributed by atoms with E-state index in [0.29, 0.717) is 10.9 Å². The third kappa shape index (κ3) is 4.29. The van der Waals surface area contributed by atoms with E-state index in [0.717, 1.165) is 16.7 Å². The first-order chi connectivity index (χ1) is 9.49. The SMILES string of the molecule is Cc1cc(C)c([P+](=O)OC(=O)c2ccccc2)c(C)c1.[H-].[Li+]. The van der Waals surface area contributed by atoms with Crippen LogP contribution in [0.15, 0.2) is 42.5 Å². The smallest absolute Gasteiger partial charge is 1.00 e. The van der Waals surface area contributed by atoms with Gasteiger partial charge in [-0.2, -0.15) is 0 Å². The Bertz CT molecular complexity index is 651. The van der Waals surface area contributed by atoms with Crippen LogP contribution in [0.4, 0.5) is 0 Å². The fraction of sp³-hybridized carbons (Fsp3) is 0.188. The topological polar surface area (TPSA) is 43.4 Å². The van der Waals surface area contributed by atoms with E-state index in [4.69, 9.17) is 4.52 Å². The van der Waals surface area contributed by atoms with Crippen LogP contribution in [-0.4, -0.2) is 5.97 Å². The summed E-state index contributed by atoms with van der Waals surface area (Å²) in [5, 5.41) is 0.606. The molecule has 1 unspecified atom stereocenters. The molecule has 3 nitrogen and oxygen atoms in total. The van der Waals surface area contributed by atoms with Gasteiger partial charge in [-0.3, -0.25) is 0 Å². The summed E-state index contributed by atoms with van der Waals surface area (Å²) in [6.07, 6.45) is 0. The van der Waals surface area contributed by atoms with Gasteiger partial charge >= 0.3 is 32.9 Å². The van der Waals surface area contributed by atoms with E-state index < -0.39 is 14.0 Å². The summed E-state index contributed by atoms with van der Waals surface area (Å²) in [5.41, 5.74) is 3.26. The zero-order valence-corrected chi connectivity index (χ0v) is 13.6. The molecule has 5 heteroatoms. The molecule has 0 bridgehead atoms. The second-order valence-corrected chi connectivity index (χ2v) is 5.89. The Hall–Kier alpha value is -1.39. The minimum atomic E-state index is -2.19. The quantitative estimate of drug-likeness (QED) is 0.625. The maximum absolute atomic E-state index is 12.3. The van der Waals surface area contributed by atoms with Gasteiger partial charge in [0, 0.05) is 11.1 Å². The van der Waals surface area contributed by atoms with E-state index in [1.807, 2.05) is 39.0 Å². The van der Waals surface area contributed by atoms with Gasteiger partial charge in [0.25, 0.3) is 0 Å². The van der Waals surface area contributed by atoms with Crippen molar-refractivity contribution in [3.05, 3.63) is 64.7 Å². The molecule has 0 amide bonds. The monoisotopic (exact) mass is 295 g/mol.